The molecule has 34 heavy (non-hydrogen) atoms. The van der Waals surface area contributed by atoms with Crippen molar-refractivity contribution in [2.45, 2.75) is 46.2 Å². The number of methoxy groups -OCH3 is 1. The number of carbonyl (C=O) groups excluding carboxylic acids is 2. The number of nitrogens with two attached hydrogens (primary N) is 1. The maximum Gasteiger partial charge on any atom is 0.330 e. The minimum absolute atomic E-state index is 0.0431. The number of nitrogens with one attached hydrogen (secondary N) is 1. The average molecular weight is 472 g/mol. The molecule has 3 rings (SSSR count). The highest BCUT2D eigenvalue weighted by Crippen LogP contribution is 2.26. The molecule has 184 valence electrons. The van der Waals surface area contributed by atoms with Crippen LogP contribution in [0.25, 0.3) is 0 Å². The van der Waals surface area contributed by atoms with Gasteiger partial charge in [-0.1, -0.05) is 43.2 Å². The summed E-state index contributed by atoms with van der Waals surface area (Å²) in [5.74, 6) is -1.22. The first-order valence-corrected chi connectivity index (χ1v) is 11.5. The van der Waals surface area contributed by atoms with Gasteiger partial charge in [-0.05, 0) is 18.9 Å². The van der Waals surface area contributed by atoms with Crippen LogP contribution in [-0.2, 0) is 27.4 Å². The van der Waals surface area contributed by atoms with Crippen LogP contribution in [0.3, 0.4) is 0 Å². The molecule has 1 aromatic heterocycles. The van der Waals surface area contributed by atoms with Gasteiger partial charge < -0.3 is 20.3 Å². The van der Waals surface area contributed by atoms with E-state index in [1.807, 2.05) is 38.1 Å². The van der Waals surface area contributed by atoms with Crippen LogP contribution >= 0.6 is 0 Å². The van der Waals surface area contributed by atoms with Gasteiger partial charge in [-0.15, -0.1) is 0 Å². The minimum atomic E-state index is -0.736. The SMILES string of the molecule is CCCCn1c(N)c(N(CCOC)C(=O)[C@H]2CC(=O)N(Cc3ccc(C)cc3)C2)c(=O)[nH]c1=O. The van der Waals surface area contributed by atoms with Crippen LogP contribution in [0.1, 0.15) is 37.3 Å². The molecule has 0 radical (unpaired) electrons. The van der Waals surface area contributed by atoms with Crippen molar-refractivity contribution < 1.29 is 14.3 Å². The Morgan fingerprint density at radius 3 is 2.59 bits per heavy atom. The third-order valence-corrected chi connectivity index (χ3v) is 6.06. The fraction of sp³-hybridized carbons (Fsp3) is 0.500. The maximum absolute atomic E-state index is 13.6. The van der Waals surface area contributed by atoms with Crippen LogP contribution in [0.15, 0.2) is 33.9 Å². The Morgan fingerprint density at radius 2 is 1.94 bits per heavy atom. The first-order chi connectivity index (χ1) is 16.3. The van der Waals surface area contributed by atoms with Crippen molar-refractivity contribution in [3.05, 3.63) is 56.2 Å². The van der Waals surface area contributed by atoms with E-state index >= 15 is 0 Å². The fourth-order valence-corrected chi connectivity index (χ4v) is 4.12. The molecule has 3 N–H and O–H groups in total. The van der Waals surface area contributed by atoms with Crippen LogP contribution in [0.5, 0.6) is 0 Å². The van der Waals surface area contributed by atoms with Crippen LogP contribution < -0.4 is 21.9 Å². The topological polar surface area (TPSA) is 131 Å². The predicted molar refractivity (Wildman–Crippen MR) is 130 cm³/mol. The lowest BCUT2D eigenvalue weighted by atomic mass is 10.1. The number of rotatable bonds is 10. The third-order valence-electron chi connectivity index (χ3n) is 6.06. The molecule has 1 saturated heterocycles. The Hall–Kier alpha value is -3.40. The van der Waals surface area contributed by atoms with Gasteiger partial charge in [-0.3, -0.25) is 23.9 Å². The number of ether oxygens (including phenoxy) is 1. The summed E-state index contributed by atoms with van der Waals surface area (Å²) in [5, 5.41) is 0. The number of anilines is 2. The summed E-state index contributed by atoms with van der Waals surface area (Å²) >= 11 is 0. The van der Waals surface area contributed by atoms with Crippen molar-refractivity contribution in [3.8, 4) is 0 Å². The Kier molecular flexibility index (Phi) is 8.27. The molecule has 10 nitrogen and oxygen atoms in total. The summed E-state index contributed by atoms with van der Waals surface area (Å²) in [7, 11) is 1.49. The smallest absolute Gasteiger partial charge is 0.330 e. The van der Waals surface area contributed by atoms with E-state index in [0.717, 1.165) is 17.5 Å². The molecule has 0 unspecified atom stereocenters. The Labute approximate surface area is 198 Å². The number of hydrogen-bond donors (Lipinski definition) is 2. The fourth-order valence-electron chi connectivity index (χ4n) is 4.12. The summed E-state index contributed by atoms with van der Waals surface area (Å²) in [6, 6.07) is 7.88. The quantitative estimate of drug-likeness (QED) is 0.536. The van der Waals surface area contributed by atoms with Gasteiger partial charge in [-0.25, -0.2) is 4.79 Å². The molecular formula is C24H33N5O5. The third kappa shape index (κ3) is 5.56. The van der Waals surface area contributed by atoms with Gasteiger partial charge in [0.25, 0.3) is 5.56 Å². The summed E-state index contributed by atoms with van der Waals surface area (Å²) in [6.45, 7) is 5.16. The minimum Gasteiger partial charge on any atom is -0.383 e. The molecule has 2 aromatic rings. The van der Waals surface area contributed by atoms with Crippen molar-refractivity contribution in [1.29, 1.82) is 0 Å². The number of nitrogen functional groups attached to an aromatic ring is 1. The highest BCUT2D eigenvalue weighted by atomic mass is 16.5. The second-order valence-electron chi connectivity index (χ2n) is 8.64. The van der Waals surface area contributed by atoms with Gasteiger partial charge in [0.05, 0.1) is 12.5 Å². The van der Waals surface area contributed by atoms with Crippen LogP contribution in [0.2, 0.25) is 0 Å². The van der Waals surface area contributed by atoms with Crippen molar-refractivity contribution in [3.63, 3.8) is 0 Å². The Balaban J connectivity index is 1.88. The summed E-state index contributed by atoms with van der Waals surface area (Å²) in [5.41, 5.74) is 6.91. The lowest BCUT2D eigenvalue weighted by Gasteiger charge is -2.26. The van der Waals surface area contributed by atoms with Crippen molar-refractivity contribution >= 4 is 23.3 Å². The normalized spacial score (nSPS) is 15.7. The monoisotopic (exact) mass is 471 g/mol. The van der Waals surface area contributed by atoms with E-state index in [-0.39, 0.29) is 43.5 Å². The molecule has 0 aliphatic carbocycles. The second kappa shape index (κ2) is 11.1. The maximum atomic E-state index is 13.6. The van der Waals surface area contributed by atoms with E-state index < -0.39 is 23.1 Å². The molecule has 0 saturated carbocycles. The number of aryl methyl sites for hydroxylation is 1. The molecule has 0 spiro atoms. The van der Waals surface area contributed by atoms with E-state index in [9.17, 15) is 19.2 Å². The first kappa shape index (κ1) is 25.2. The number of benzene rings is 1. The van der Waals surface area contributed by atoms with Crippen LogP contribution in [-0.4, -0.2) is 53.1 Å². The lowest BCUT2D eigenvalue weighted by molar-refractivity contribution is -0.128. The molecule has 1 atom stereocenters. The Morgan fingerprint density at radius 1 is 1.24 bits per heavy atom. The average Bonchev–Trinajstić information content (AvgIpc) is 3.17. The van der Waals surface area contributed by atoms with Crippen molar-refractivity contribution in [2.24, 2.45) is 5.92 Å². The molecule has 2 amide bonds. The van der Waals surface area contributed by atoms with E-state index in [4.69, 9.17) is 10.5 Å². The van der Waals surface area contributed by atoms with E-state index in [1.54, 1.807) is 4.90 Å². The zero-order chi connectivity index (χ0) is 24.8. The standard InChI is InChI=1S/C24H33N5O5/c1-4-5-10-29-21(25)20(22(31)26-24(29)33)28(11-12-34-3)23(32)18-13-19(30)27(15-18)14-17-8-6-16(2)7-9-17/h6-9,18H,4-5,10-15,25H2,1-3H3,(H,26,31,33)/t18-/m0/s1. The van der Waals surface area contributed by atoms with Crippen LogP contribution in [0.4, 0.5) is 11.5 Å². The van der Waals surface area contributed by atoms with E-state index in [1.165, 1.54) is 16.6 Å². The molecule has 1 fully saturated rings. The van der Waals surface area contributed by atoms with Crippen molar-refractivity contribution in [2.75, 3.05) is 37.4 Å². The molecule has 2 heterocycles. The molecule has 10 heteroatoms. The van der Waals surface area contributed by atoms with Gasteiger partial charge in [-0.2, -0.15) is 0 Å². The first-order valence-electron chi connectivity index (χ1n) is 11.5. The van der Waals surface area contributed by atoms with E-state index in [0.29, 0.717) is 19.5 Å². The molecule has 1 aliphatic rings. The Bertz CT molecular complexity index is 1140. The number of aromatic amines is 1. The largest absolute Gasteiger partial charge is 0.383 e. The van der Waals surface area contributed by atoms with Crippen LogP contribution in [0, 0.1) is 12.8 Å². The summed E-state index contributed by atoms with van der Waals surface area (Å²) in [4.78, 5) is 56.5. The highest BCUT2D eigenvalue weighted by Gasteiger charge is 2.38. The van der Waals surface area contributed by atoms with Gasteiger partial charge >= 0.3 is 5.69 Å². The van der Waals surface area contributed by atoms with E-state index in [2.05, 4.69) is 4.98 Å². The number of unbranched alkanes of at least 4 members (excludes halogenated alkanes) is 1. The number of likely N-dealkylation sites (tertiary alicyclic amines) is 1. The number of hydrogen-bond acceptors (Lipinski definition) is 6. The number of carbonyl (C=O) groups is 2. The van der Waals surface area contributed by atoms with Gasteiger partial charge in [0.2, 0.25) is 11.8 Å². The molecule has 0 bridgehead atoms. The number of amides is 2. The highest BCUT2D eigenvalue weighted by molar-refractivity contribution is 6.00. The number of nitrogens with zero attached hydrogens (tertiary/aromatic N) is 3. The van der Waals surface area contributed by atoms with Gasteiger partial charge in [0, 0.05) is 39.7 Å². The van der Waals surface area contributed by atoms with Gasteiger partial charge in [0.1, 0.15) is 5.82 Å². The number of H-pyrrole nitrogens is 1. The lowest BCUT2D eigenvalue weighted by Crippen LogP contribution is -2.45. The van der Waals surface area contributed by atoms with Gasteiger partial charge in [0.15, 0.2) is 5.69 Å². The molecular weight excluding hydrogens is 438 g/mol. The van der Waals surface area contributed by atoms with Crippen molar-refractivity contribution in [1.82, 2.24) is 14.5 Å². The summed E-state index contributed by atoms with van der Waals surface area (Å²) < 4.78 is 6.42. The zero-order valence-electron chi connectivity index (χ0n) is 20.0. The second-order valence-corrected chi connectivity index (χ2v) is 8.64. The summed E-state index contributed by atoms with van der Waals surface area (Å²) in [6.07, 6.45) is 1.56. The molecule has 1 aromatic carbocycles. The number of aromatic nitrogens is 2. The predicted octanol–water partition coefficient (Wildman–Crippen LogP) is 1.26. The molecule has 1 aliphatic heterocycles. The zero-order valence-corrected chi connectivity index (χ0v) is 20.0.